The molecule has 1 aromatic heterocycles. The molecule has 1 amide bonds. The summed E-state index contributed by atoms with van der Waals surface area (Å²) < 4.78 is 11.2. The number of nitrogens with zero attached hydrogens (tertiary/aromatic N) is 1. The Labute approximate surface area is 201 Å². The highest BCUT2D eigenvalue weighted by atomic mass is 16.5. The first-order valence-corrected chi connectivity index (χ1v) is 11.5. The molecule has 4 aromatic rings. The van der Waals surface area contributed by atoms with Gasteiger partial charge in [-0.05, 0) is 47.4 Å². The fourth-order valence-electron chi connectivity index (χ4n) is 3.86. The molecule has 0 fully saturated rings. The Balaban J connectivity index is 1.38. The molecule has 1 heterocycles. The van der Waals surface area contributed by atoms with Gasteiger partial charge in [-0.15, -0.1) is 0 Å². The van der Waals surface area contributed by atoms with Gasteiger partial charge < -0.3 is 14.5 Å². The van der Waals surface area contributed by atoms with Crippen molar-refractivity contribution in [2.45, 2.75) is 26.1 Å². The van der Waals surface area contributed by atoms with E-state index in [0.29, 0.717) is 18.8 Å². The number of methoxy groups -OCH3 is 1. The van der Waals surface area contributed by atoms with E-state index in [-0.39, 0.29) is 5.91 Å². The van der Waals surface area contributed by atoms with Crippen molar-refractivity contribution in [1.82, 2.24) is 10.2 Å². The van der Waals surface area contributed by atoms with Crippen molar-refractivity contribution < 1.29 is 13.9 Å². The summed E-state index contributed by atoms with van der Waals surface area (Å²) in [6, 6.07) is 32.2. The zero-order valence-electron chi connectivity index (χ0n) is 19.4. The standard InChI is InChI=1S/C29H30N2O3/c1-33-26-14-12-25(13-15-26)21-31(20-24-10-6-3-7-11-24)22-27-16-17-28(34-27)29(32)30-19-18-23-8-4-2-5-9-23/h2-17H,18-22H2,1H3,(H,30,32). The third-order valence-electron chi connectivity index (χ3n) is 5.62. The van der Waals surface area contributed by atoms with Crippen molar-refractivity contribution in [3.05, 3.63) is 125 Å². The van der Waals surface area contributed by atoms with E-state index in [2.05, 4.69) is 46.6 Å². The summed E-state index contributed by atoms with van der Waals surface area (Å²) >= 11 is 0. The average Bonchev–Trinajstić information content (AvgIpc) is 3.34. The zero-order chi connectivity index (χ0) is 23.6. The maximum absolute atomic E-state index is 12.5. The van der Waals surface area contributed by atoms with E-state index in [9.17, 15) is 4.79 Å². The Hall–Kier alpha value is -3.83. The number of furan rings is 1. The molecule has 0 spiro atoms. The van der Waals surface area contributed by atoms with E-state index in [1.807, 2.05) is 54.6 Å². The molecule has 0 atom stereocenters. The molecule has 34 heavy (non-hydrogen) atoms. The van der Waals surface area contributed by atoms with Gasteiger partial charge in [-0.3, -0.25) is 9.69 Å². The van der Waals surface area contributed by atoms with Gasteiger partial charge in [-0.1, -0.05) is 72.8 Å². The van der Waals surface area contributed by atoms with Gasteiger partial charge in [0.1, 0.15) is 11.5 Å². The highest BCUT2D eigenvalue weighted by molar-refractivity contribution is 5.91. The number of hydrogen-bond acceptors (Lipinski definition) is 4. The Morgan fingerprint density at radius 1 is 0.765 bits per heavy atom. The van der Waals surface area contributed by atoms with E-state index in [1.54, 1.807) is 13.2 Å². The fraction of sp³-hybridized carbons (Fsp3) is 0.207. The Kier molecular flexibility index (Phi) is 8.14. The zero-order valence-corrected chi connectivity index (χ0v) is 19.4. The second-order valence-corrected chi connectivity index (χ2v) is 8.24. The van der Waals surface area contributed by atoms with Gasteiger partial charge >= 0.3 is 0 Å². The maximum atomic E-state index is 12.5. The van der Waals surface area contributed by atoms with Gasteiger partial charge in [0.05, 0.1) is 13.7 Å². The number of benzene rings is 3. The van der Waals surface area contributed by atoms with Crippen LogP contribution < -0.4 is 10.1 Å². The summed E-state index contributed by atoms with van der Waals surface area (Å²) in [6.07, 6.45) is 0.785. The van der Waals surface area contributed by atoms with E-state index >= 15 is 0 Å². The predicted octanol–water partition coefficient (Wildman–Crippen LogP) is 5.46. The Bertz CT molecular complexity index is 1150. The number of rotatable bonds is 11. The summed E-state index contributed by atoms with van der Waals surface area (Å²) in [7, 11) is 1.67. The first-order valence-electron chi connectivity index (χ1n) is 11.5. The molecule has 3 aromatic carbocycles. The van der Waals surface area contributed by atoms with Gasteiger partial charge in [0.25, 0.3) is 5.91 Å². The number of amides is 1. The molecule has 0 radical (unpaired) electrons. The van der Waals surface area contributed by atoms with Crippen LogP contribution >= 0.6 is 0 Å². The molecule has 5 heteroatoms. The second kappa shape index (κ2) is 11.9. The number of carbonyl (C=O) groups is 1. The van der Waals surface area contributed by atoms with Crippen molar-refractivity contribution in [2.24, 2.45) is 0 Å². The lowest BCUT2D eigenvalue weighted by Crippen LogP contribution is -2.25. The molecule has 0 aliphatic heterocycles. The maximum Gasteiger partial charge on any atom is 0.287 e. The van der Waals surface area contributed by atoms with Crippen LogP contribution in [0.4, 0.5) is 0 Å². The predicted molar refractivity (Wildman–Crippen MR) is 134 cm³/mol. The van der Waals surface area contributed by atoms with Crippen LogP contribution in [0.2, 0.25) is 0 Å². The third kappa shape index (κ3) is 6.83. The minimum atomic E-state index is -0.188. The molecule has 174 valence electrons. The topological polar surface area (TPSA) is 54.7 Å². The van der Waals surface area contributed by atoms with E-state index in [0.717, 1.165) is 31.0 Å². The minimum absolute atomic E-state index is 0.188. The van der Waals surface area contributed by atoms with E-state index in [4.69, 9.17) is 9.15 Å². The molecule has 5 nitrogen and oxygen atoms in total. The molecule has 0 saturated heterocycles. The summed E-state index contributed by atoms with van der Waals surface area (Å²) in [6.45, 7) is 2.68. The van der Waals surface area contributed by atoms with Crippen LogP contribution in [0.1, 0.15) is 33.0 Å². The number of hydrogen-bond donors (Lipinski definition) is 1. The fourth-order valence-corrected chi connectivity index (χ4v) is 3.86. The highest BCUT2D eigenvalue weighted by Crippen LogP contribution is 2.18. The van der Waals surface area contributed by atoms with Crippen molar-refractivity contribution in [1.29, 1.82) is 0 Å². The lowest BCUT2D eigenvalue weighted by atomic mass is 10.1. The lowest BCUT2D eigenvalue weighted by molar-refractivity contribution is 0.0922. The number of ether oxygens (including phenoxy) is 1. The molecule has 0 aliphatic carbocycles. The summed E-state index contributed by atoms with van der Waals surface area (Å²) in [4.78, 5) is 14.8. The van der Waals surface area contributed by atoms with Crippen molar-refractivity contribution in [3.63, 3.8) is 0 Å². The third-order valence-corrected chi connectivity index (χ3v) is 5.62. The van der Waals surface area contributed by atoms with Crippen LogP contribution in [0, 0.1) is 0 Å². The average molecular weight is 455 g/mol. The summed E-state index contributed by atoms with van der Waals surface area (Å²) in [5.41, 5.74) is 3.60. The Morgan fingerprint density at radius 3 is 2.03 bits per heavy atom. The van der Waals surface area contributed by atoms with Gasteiger partial charge in [0.2, 0.25) is 0 Å². The second-order valence-electron chi connectivity index (χ2n) is 8.24. The lowest BCUT2D eigenvalue weighted by Gasteiger charge is -2.21. The first-order chi connectivity index (χ1) is 16.7. The molecule has 1 N–H and O–H groups in total. The summed E-state index contributed by atoms with van der Waals surface area (Å²) in [5.74, 6) is 1.75. The van der Waals surface area contributed by atoms with E-state index in [1.165, 1.54) is 16.7 Å². The quantitative estimate of drug-likeness (QED) is 0.327. The van der Waals surface area contributed by atoms with Crippen molar-refractivity contribution in [2.75, 3.05) is 13.7 Å². The van der Waals surface area contributed by atoms with E-state index < -0.39 is 0 Å². The molecule has 4 rings (SSSR count). The normalized spacial score (nSPS) is 10.9. The molecule has 0 saturated carbocycles. The molecular weight excluding hydrogens is 424 g/mol. The van der Waals surface area contributed by atoms with Crippen LogP contribution in [0.3, 0.4) is 0 Å². The molecule has 0 unspecified atom stereocenters. The van der Waals surface area contributed by atoms with Gasteiger partial charge in [-0.25, -0.2) is 0 Å². The SMILES string of the molecule is COc1ccc(CN(Cc2ccccc2)Cc2ccc(C(=O)NCCc3ccccc3)o2)cc1. The highest BCUT2D eigenvalue weighted by Gasteiger charge is 2.15. The van der Waals surface area contributed by atoms with Gasteiger partial charge in [-0.2, -0.15) is 0 Å². The monoisotopic (exact) mass is 454 g/mol. The van der Waals surface area contributed by atoms with Crippen LogP contribution in [0.5, 0.6) is 5.75 Å². The summed E-state index contributed by atoms with van der Waals surface area (Å²) in [5, 5.41) is 2.95. The first kappa shape index (κ1) is 23.3. The minimum Gasteiger partial charge on any atom is -0.497 e. The number of nitrogens with one attached hydrogen (secondary N) is 1. The van der Waals surface area contributed by atoms with Crippen LogP contribution in [-0.4, -0.2) is 24.5 Å². The smallest absolute Gasteiger partial charge is 0.287 e. The van der Waals surface area contributed by atoms with Crippen molar-refractivity contribution >= 4 is 5.91 Å². The molecular formula is C29H30N2O3. The van der Waals surface area contributed by atoms with Gasteiger partial charge in [0.15, 0.2) is 5.76 Å². The van der Waals surface area contributed by atoms with Gasteiger partial charge in [0, 0.05) is 19.6 Å². The number of carbonyl (C=O) groups excluding carboxylic acids is 1. The molecule has 0 aliphatic rings. The van der Waals surface area contributed by atoms with Crippen LogP contribution in [0.25, 0.3) is 0 Å². The Morgan fingerprint density at radius 2 is 1.38 bits per heavy atom. The van der Waals surface area contributed by atoms with Crippen LogP contribution in [-0.2, 0) is 26.1 Å². The van der Waals surface area contributed by atoms with Crippen LogP contribution in [0.15, 0.2) is 101 Å². The largest absolute Gasteiger partial charge is 0.497 e. The molecule has 0 bridgehead atoms. The van der Waals surface area contributed by atoms with Crippen molar-refractivity contribution in [3.8, 4) is 5.75 Å².